The van der Waals surface area contributed by atoms with Crippen molar-refractivity contribution in [3.05, 3.63) is 32.8 Å². The Morgan fingerprint density at radius 2 is 1.21 bits per heavy atom. The van der Waals surface area contributed by atoms with E-state index >= 15 is 0 Å². The third kappa shape index (κ3) is 1.54. The Kier molecular flexibility index (Phi) is 2.46. The van der Waals surface area contributed by atoms with Crippen molar-refractivity contribution >= 4 is 11.8 Å². The highest BCUT2D eigenvalue weighted by atomic mass is 16.2. The van der Waals surface area contributed by atoms with Crippen LogP contribution in [0.5, 0.6) is 0 Å². The molecule has 0 atom stereocenters. The summed E-state index contributed by atoms with van der Waals surface area (Å²) in [4.78, 5) is 44.3. The Bertz CT molecular complexity index is 462. The summed E-state index contributed by atoms with van der Waals surface area (Å²) in [6.45, 7) is 2.19. The molecule has 0 fully saturated rings. The molecule has 1 heterocycles. The number of nitrogens with zero attached hydrogens (tertiary/aromatic N) is 2. The largest absolute Gasteiger partial charge is 0.273 e. The first-order valence-corrected chi connectivity index (χ1v) is 3.82. The zero-order valence-corrected chi connectivity index (χ0v) is 7.68. The first-order valence-electron chi connectivity index (χ1n) is 3.82. The average molecular weight is 196 g/mol. The number of aromatic nitrogens is 2. The lowest BCUT2D eigenvalue weighted by Crippen LogP contribution is -2.42. The normalized spacial score (nSPS) is 9.86. The molecule has 0 saturated carbocycles. The van der Waals surface area contributed by atoms with Gasteiger partial charge in [-0.25, -0.2) is 0 Å². The van der Waals surface area contributed by atoms with E-state index in [9.17, 15) is 19.2 Å². The Morgan fingerprint density at radius 3 is 1.43 bits per heavy atom. The van der Waals surface area contributed by atoms with Crippen molar-refractivity contribution in [1.29, 1.82) is 0 Å². The summed E-state index contributed by atoms with van der Waals surface area (Å²) in [5, 5.41) is 0. The van der Waals surface area contributed by atoms with Crippen molar-refractivity contribution in [3.63, 3.8) is 0 Å². The molecule has 0 saturated heterocycles. The molecule has 0 unspecified atom stereocenters. The van der Waals surface area contributed by atoms with E-state index in [0.717, 1.165) is 26.0 Å². The van der Waals surface area contributed by atoms with Crippen LogP contribution in [0.2, 0.25) is 0 Å². The monoisotopic (exact) mass is 196 g/mol. The van der Waals surface area contributed by atoms with Crippen LogP contribution in [0.15, 0.2) is 21.7 Å². The van der Waals surface area contributed by atoms with Gasteiger partial charge in [-0.15, -0.1) is 0 Å². The third-order valence-corrected chi connectivity index (χ3v) is 1.58. The highest BCUT2D eigenvalue weighted by Crippen LogP contribution is 1.80. The summed E-state index contributed by atoms with van der Waals surface area (Å²) >= 11 is 0. The minimum Gasteiger partial charge on any atom is -0.273 e. The fourth-order valence-corrected chi connectivity index (χ4v) is 1.07. The number of hydrogen-bond acceptors (Lipinski definition) is 4. The smallest absolute Gasteiger partial charge is 0.273 e. The van der Waals surface area contributed by atoms with Crippen LogP contribution >= 0.6 is 0 Å². The molecule has 1 rings (SSSR count). The number of rotatable bonds is 0. The van der Waals surface area contributed by atoms with E-state index in [1.165, 1.54) is 0 Å². The quantitative estimate of drug-likeness (QED) is 0.551. The van der Waals surface area contributed by atoms with Crippen molar-refractivity contribution in [2.24, 2.45) is 0 Å². The van der Waals surface area contributed by atoms with Gasteiger partial charge in [-0.3, -0.25) is 19.2 Å². The van der Waals surface area contributed by atoms with Gasteiger partial charge in [0.25, 0.3) is 11.1 Å². The van der Waals surface area contributed by atoms with Crippen LogP contribution in [0, 0.1) is 0 Å². The summed E-state index contributed by atoms with van der Waals surface area (Å²) in [5.74, 6) is -1.36. The van der Waals surface area contributed by atoms with Crippen molar-refractivity contribution in [2.45, 2.75) is 13.8 Å². The summed E-state index contributed by atoms with van der Waals surface area (Å²) in [6, 6.07) is 1.90. The van der Waals surface area contributed by atoms with Crippen LogP contribution in [-0.2, 0) is 0 Å². The van der Waals surface area contributed by atoms with Crippen molar-refractivity contribution in [3.8, 4) is 0 Å². The second-order valence-corrected chi connectivity index (χ2v) is 2.67. The molecule has 0 aliphatic heterocycles. The van der Waals surface area contributed by atoms with E-state index in [4.69, 9.17) is 0 Å². The molecule has 74 valence electrons. The molecule has 1 aromatic rings. The minimum absolute atomic E-state index is 0.505. The molecule has 0 aliphatic rings. The molecule has 0 aliphatic carbocycles. The van der Waals surface area contributed by atoms with Gasteiger partial charge in [0.1, 0.15) is 0 Å². The molecular formula is C8H8N2O4. The van der Waals surface area contributed by atoms with Crippen LogP contribution in [-0.4, -0.2) is 21.2 Å². The zero-order chi connectivity index (χ0) is 10.9. The standard InChI is InChI=1S/C8H8N2O4/c1-5(11)9-7(13)3-4-8(14)10(9)6(2)12/h3-4H,1-2H3. The molecule has 6 nitrogen and oxygen atoms in total. The van der Waals surface area contributed by atoms with Crippen LogP contribution < -0.4 is 11.1 Å². The van der Waals surface area contributed by atoms with E-state index in [-0.39, 0.29) is 0 Å². The molecule has 0 radical (unpaired) electrons. The number of carbonyl (C=O) groups is 2. The van der Waals surface area contributed by atoms with Crippen LogP contribution in [0.1, 0.15) is 23.4 Å². The molecule has 14 heavy (non-hydrogen) atoms. The Morgan fingerprint density at radius 1 is 0.929 bits per heavy atom. The maximum absolute atomic E-state index is 11.2. The van der Waals surface area contributed by atoms with Crippen LogP contribution in [0.3, 0.4) is 0 Å². The van der Waals surface area contributed by atoms with Gasteiger partial charge in [-0.1, -0.05) is 0 Å². The molecule has 0 aromatic carbocycles. The second-order valence-electron chi connectivity index (χ2n) is 2.67. The number of hydrogen-bond donors (Lipinski definition) is 0. The maximum Gasteiger partial charge on any atom is 0.273 e. The third-order valence-electron chi connectivity index (χ3n) is 1.58. The van der Waals surface area contributed by atoms with Gasteiger partial charge >= 0.3 is 0 Å². The topological polar surface area (TPSA) is 78.1 Å². The molecule has 1 aromatic heterocycles. The average Bonchev–Trinajstić information content (AvgIpc) is 2.07. The molecular weight excluding hydrogens is 188 g/mol. The van der Waals surface area contributed by atoms with E-state index in [0.29, 0.717) is 9.36 Å². The van der Waals surface area contributed by atoms with Crippen molar-refractivity contribution in [1.82, 2.24) is 9.36 Å². The highest BCUT2D eigenvalue weighted by Gasteiger charge is 2.11. The van der Waals surface area contributed by atoms with Gasteiger partial charge in [-0.2, -0.15) is 9.36 Å². The number of carbonyl (C=O) groups excluding carboxylic acids is 2. The predicted molar refractivity (Wildman–Crippen MR) is 47.6 cm³/mol. The van der Waals surface area contributed by atoms with Crippen LogP contribution in [0.25, 0.3) is 0 Å². The summed E-state index contributed by atoms with van der Waals surface area (Å²) in [6.07, 6.45) is 0. The fourth-order valence-electron chi connectivity index (χ4n) is 1.07. The SMILES string of the molecule is CC(=O)n1c(=O)ccc(=O)n1C(C)=O. The first kappa shape index (κ1) is 10.1. The lowest BCUT2D eigenvalue weighted by atomic mass is 10.5. The van der Waals surface area contributed by atoms with Crippen LogP contribution in [0.4, 0.5) is 0 Å². The van der Waals surface area contributed by atoms with Gasteiger partial charge in [0, 0.05) is 26.0 Å². The van der Waals surface area contributed by atoms with Crippen molar-refractivity contribution in [2.75, 3.05) is 0 Å². The predicted octanol–water partition coefficient (Wildman–Crippen LogP) is -0.670. The lowest BCUT2D eigenvalue weighted by Gasteiger charge is -2.07. The zero-order valence-electron chi connectivity index (χ0n) is 7.68. The lowest BCUT2D eigenvalue weighted by molar-refractivity contribution is 0.0806. The first-order chi connectivity index (χ1) is 6.45. The van der Waals surface area contributed by atoms with Gasteiger partial charge in [0.15, 0.2) is 0 Å². The van der Waals surface area contributed by atoms with E-state index in [1.54, 1.807) is 0 Å². The van der Waals surface area contributed by atoms with E-state index in [1.807, 2.05) is 0 Å². The van der Waals surface area contributed by atoms with E-state index < -0.39 is 22.9 Å². The summed E-state index contributed by atoms with van der Waals surface area (Å²) in [7, 11) is 0. The molecule has 6 heteroatoms. The summed E-state index contributed by atoms with van der Waals surface area (Å²) < 4.78 is 1.01. The Labute approximate surface area is 78.4 Å². The molecule has 0 amide bonds. The maximum atomic E-state index is 11.2. The Hall–Kier alpha value is -1.98. The van der Waals surface area contributed by atoms with Gasteiger partial charge in [-0.05, 0) is 0 Å². The van der Waals surface area contributed by atoms with Gasteiger partial charge in [0.2, 0.25) is 11.8 Å². The highest BCUT2D eigenvalue weighted by molar-refractivity contribution is 5.81. The molecule has 0 spiro atoms. The minimum atomic E-state index is -0.702. The molecule has 0 N–H and O–H groups in total. The van der Waals surface area contributed by atoms with Crippen molar-refractivity contribution < 1.29 is 9.59 Å². The van der Waals surface area contributed by atoms with Gasteiger partial charge in [0.05, 0.1) is 0 Å². The molecule has 0 bridgehead atoms. The summed E-state index contributed by atoms with van der Waals surface area (Å²) in [5.41, 5.74) is -1.40. The van der Waals surface area contributed by atoms with Gasteiger partial charge < -0.3 is 0 Å². The van der Waals surface area contributed by atoms with E-state index in [2.05, 4.69) is 0 Å². The Balaban J connectivity index is 3.76. The second kappa shape index (κ2) is 3.41. The fraction of sp³-hybridized carbons (Fsp3) is 0.250.